The fourth-order valence-electron chi connectivity index (χ4n) is 1.80. The first kappa shape index (κ1) is 9.18. The third kappa shape index (κ3) is 2.10. The molecular weight excluding hydrogens is 182 g/mol. The van der Waals surface area contributed by atoms with Crippen molar-refractivity contribution in [3.8, 4) is 0 Å². The molecule has 1 heterocycles. The fourth-order valence-corrected chi connectivity index (χ4v) is 1.80. The Hall–Kier alpha value is -1.39. The van der Waals surface area contributed by atoms with E-state index in [1.165, 1.54) is 12.8 Å². The Kier molecular flexibility index (Phi) is 2.76. The minimum Gasteiger partial charge on any atom is -0.341 e. The molecule has 0 spiro atoms. The number of anilines is 1. The van der Waals surface area contributed by atoms with Gasteiger partial charge in [-0.05, 0) is 18.0 Å². The van der Waals surface area contributed by atoms with Gasteiger partial charge in [0.1, 0.15) is 0 Å². The standard InChI is InChI=1S/C9H13N3O2/c13-8(7-4-2-1-3-5-7)11-9-10-6-14-12-9/h6-7H,1-5H2,(H,11,12,13). The zero-order valence-electron chi connectivity index (χ0n) is 7.90. The van der Waals surface area contributed by atoms with Crippen LogP contribution in [0.3, 0.4) is 0 Å². The first-order valence-corrected chi connectivity index (χ1v) is 4.93. The van der Waals surface area contributed by atoms with E-state index in [1.54, 1.807) is 0 Å². The van der Waals surface area contributed by atoms with E-state index in [0.29, 0.717) is 0 Å². The Morgan fingerprint density at radius 3 is 2.86 bits per heavy atom. The van der Waals surface area contributed by atoms with Gasteiger partial charge in [-0.3, -0.25) is 10.1 Å². The van der Waals surface area contributed by atoms with Gasteiger partial charge in [0, 0.05) is 5.92 Å². The van der Waals surface area contributed by atoms with Gasteiger partial charge >= 0.3 is 0 Å². The van der Waals surface area contributed by atoms with Gasteiger partial charge in [-0.1, -0.05) is 19.3 Å². The highest BCUT2D eigenvalue weighted by Crippen LogP contribution is 2.24. The average molecular weight is 195 g/mol. The summed E-state index contributed by atoms with van der Waals surface area (Å²) in [5.74, 6) is 0.411. The predicted molar refractivity (Wildman–Crippen MR) is 49.5 cm³/mol. The predicted octanol–water partition coefficient (Wildman–Crippen LogP) is 1.59. The molecule has 0 unspecified atom stereocenters. The Morgan fingerprint density at radius 1 is 1.43 bits per heavy atom. The molecule has 1 saturated carbocycles. The smallest absolute Gasteiger partial charge is 0.269 e. The third-order valence-corrected chi connectivity index (χ3v) is 2.57. The summed E-state index contributed by atoms with van der Waals surface area (Å²) in [4.78, 5) is 15.4. The number of hydrogen-bond donors (Lipinski definition) is 1. The fraction of sp³-hybridized carbons (Fsp3) is 0.667. The summed E-state index contributed by atoms with van der Waals surface area (Å²) >= 11 is 0. The topological polar surface area (TPSA) is 68.0 Å². The molecule has 1 aromatic heterocycles. The molecule has 0 radical (unpaired) electrons. The van der Waals surface area contributed by atoms with Gasteiger partial charge < -0.3 is 4.52 Å². The Morgan fingerprint density at radius 2 is 2.21 bits per heavy atom. The molecule has 0 saturated heterocycles. The molecule has 14 heavy (non-hydrogen) atoms. The molecule has 0 atom stereocenters. The molecule has 2 rings (SSSR count). The van der Waals surface area contributed by atoms with Crippen molar-refractivity contribution in [2.75, 3.05) is 5.32 Å². The van der Waals surface area contributed by atoms with Crippen LogP contribution in [-0.2, 0) is 4.79 Å². The van der Waals surface area contributed by atoms with E-state index >= 15 is 0 Å². The van der Waals surface area contributed by atoms with E-state index in [4.69, 9.17) is 0 Å². The SMILES string of the molecule is O=C(Nc1ncon1)C1CCCCC1. The van der Waals surface area contributed by atoms with Crippen molar-refractivity contribution in [3.05, 3.63) is 6.39 Å². The summed E-state index contributed by atoms with van der Waals surface area (Å²) < 4.78 is 4.53. The maximum absolute atomic E-state index is 11.6. The molecule has 1 aliphatic carbocycles. The molecule has 5 heteroatoms. The summed E-state index contributed by atoms with van der Waals surface area (Å²) in [6.07, 6.45) is 6.69. The molecule has 5 nitrogen and oxygen atoms in total. The third-order valence-electron chi connectivity index (χ3n) is 2.57. The van der Waals surface area contributed by atoms with Crippen molar-refractivity contribution < 1.29 is 9.32 Å². The number of carbonyl (C=O) groups excluding carboxylic acids is 1. The highest BCUT2D eigenvalue weighted by Gasteiger charge is 2.21. The lowest BCUT2D eigenvalue weighted by molar-refractivity contribution is -0.120. The lowest BCUT2D eigenvalue weighted by Gasteiger charge is -2.19. The summed E-state index contributed by atoms with van der Waals surface area (Å²) in [5.41, 5.74) is 0. The van der Waals surface area contributed by atoms with Crippen molar-refractivity contribution in [2.24, 2.45) is 5.92 Å². The van der Waals surface area contributed by atoms with Crippen LogP contribution in [0.5, 0.6) is 0 Å². The van der Waals surface area contributed by atoms with Crippen molar-refractivity contribution in [1.29, 1.82) is 0 Å². The van der Waals surface area contributed by atoms with E-state index < -0.39 is 0 Å². The second kappa shape index (κ2) is 4.21. The largest absolute Gasteiger partial charge is 0.341 e. The molecule has 1 aromatic rings. The maximum Gasteiger partial charge on any atom is 0.269 e. The molecule has 0 aromatic carbocycles. The van der Waals surface area contributed by atoms with Crippen LogP contribution in [0.15, 0.2) is 10.9 Å². The molecule has 1 N–H and O–H groups in total. The van der Waals surface area contributed by atoms with Gasteiger partial charge in [0.15, 0.2) is 0 Å². The van der Waals surface area contributed by atoms with Gasteiger partial charge in [-0.15, -0.1) is 0 Å². The van der Waals surface area contributed by atoms with E-state index in [1.807, 2.05) is 0 Å². The Labute approximate surface area is 81.9 Å². The normalized spacial score (nSPS) is 18.0. The van der Waals surface area contributed by atoms with E-state index in [-0.39, 0.29) is 17.8 Å². The minimum absolute atomic E-state index is 0.0195. The van der Waals surface area contributed by atoms with Crippen LogP contribution in [0.4, 0.5) is 5.95 Å². The molecule has 76 valence electrons. The minimum atomic E-state index is 0.0195. The van der Waals surface area contributed by atoms with Gasteiger partial charge in [-0.2, -0.15) is 4.98 Å². The first-order valence-electron chi connectivity index (χ1n) is 4.93. The second-order valence-electron chi connectivity index (χ2n) is 3.58. The summed E-state index contributed by atoms with van der Waals surface area (Å²) in [6.45, 7) is 0. The monoisotopic (exact) mass is 195 g/mol. The van der Waals surface area contributed by atoms with Gasteiger partial charge in [-0.25, -0.2) is 0 Å². The summed E-state index contributed by atoms with van der Waals surface area (Å²) in [7, 11) is 0. The van der Waals surface area contributed by atoms with Crippen LogP contribution >= 0.6 is 0 Å². The molecule has 0 aliphatic heterocycles. The number of hydrogen-bond acceptors (Lipinski definition) is 4. The lowest BCUT2D eigenvalue weighted by atomic mass is 9.89. The van der Waals surface area contributed by atoms with Crippen LogP contribution < -0.4 is 5.32 Å². The van der Waals surface area contributed by atoms with Crippen LogP contribution in [0.2, 0.25) is 0 Å². The molecule has 0 bridgehead atoms. The van der Waals surface area contributed by atoms with Crippen LogP contribution in [0.1, 0.15) is 32.1 Å². The molecule has 1 aliphatic rings. The maximum atomic E-state index is 11.6. The highest BCUT2D eigenvalue weighted by molar-refractivity contribution is 5.90. The van der Waals surface area contributed by atoms with E-state index in [0.717, 1.165) is 25.7 Å². The quantitative estimate of drug-likeness (QED) is 0.778. The summed E-state index contributed by atoms with van der Waals surface area (Å²) in [5, 5.41) is 6.17. The highest BCUT2D eigenvalue weighted by atomic mass is 16.5. The number of carbonyl (C=O) groups is 1. The lowest BCUT2D eigenvalue weighted by Crippen LogP contribution is -2.25. The molecular formula is C9H13N3O2. The zero-order valence-corrected chi connectivity index (χ0v) is 7.90. The van der Waals surface area contributed by atoms with Crippen molar-refractivity contribution in [3.63, 3.8) is 0 Å². The van der Waals surface area contributed by atoms with Crippen LogP contribution in [-0.4, -0.2) is 16.0 Å². The molecule has 1 amide bonds. The number of nitrogens with one attached hydrogen (secondary N) is 1. The number of nitrogens with zero attached hydrogens (tertiary/aromatic N) is 2. The van der Waals surface area contributed by atoms with Gasteiger partial charge in [0.2, 0.25) is 12.3 Å². The number of amides is 1. The Bertz CT molecular complexity index is 291. The van der Waals surface area contributed by atoms with E-state index in [9.17, 15) is 4.79 Å². The van der Waals surface area contributed by atoms with E-state index in [2.05, 4.69) is 20.0 Å². The number of rotatable bonds is 2. The van der Waals surface area contributed by atoms with Crippen molar-refractivity contribution in [1.82, 2.24) is 10.1 Å². The zero-order chi connectivity index (χ0) is 9.80. The second-order valence-corrected chi connectivity index (χ2v) is 3.58. The van der Waals surface area contributed by atoms with Gasteiger partial charge in [0.05, 0.1) is 0 Å². The summed E-state index contributed by atoms with van der Waals surface area (Å²) in [6, 6.07) is 0. The Balaban J connectivity index is 1.88. The first-order chi connectivity index (χ1) is 6.86. The van der Waals surface area contributed by atoms with Crippen LogP contribution in [0, 0.1) is 5.92 Å². The van der Waals surface area contributed by atoms with Crippen LogP contribution in [0.25, 0.3) is 0 Å². The van der Waals surface area contributed by atoms with Crippen molar-refractivity contribution >= 4 is 11.9 Å². The van der Waals surface area contributed by atoms with Gasteiger partial charge in [0.25, 0.3) is 5.95 Å². The van der Waals surface area contributed by atoms with Crippen molar-refractivity contribution in [2.45, 2.75) is 32.1 Å². The number of aromatic nitrogens is 2. The molecule has 1 fully saturated rings. The average Bonchev–Trinajstić information content (AvgIpc) is 2.72.